The summed E-state index contributed by atoms with van der Waals surface area (Å²) in [5.74, 6) is 0. The monoisotopic (exact) mass is 1060 g/mol. The van der Waals surface area contributed by atoms with Crippen molar-refractivity contribution in [2.75, 3.05) is 0 Å². The molecule has 0 saturated carbocycles. The molecule has 18 rings (SSSR count). The van der Waals surface area contributed by atoms with Crippen LogP contribution in [0.25, 0.3) is 160 Å². The van der Waals surface area contributed by atoms with Gasteiger partial charge in [-0.05, 0) is 91.0 Å². The number of fused-ring (bicyclic) bond motifs is 15. The van der Waals surface area contributed by atoms with E-state index in [1.165, 1.54) is 64.9 Å². The maximum Gasteiger partial charge on any atom is 0.0562 e. The standard InChI is InChI=1S/C78H49N5/c1-12-34-65-51(23-1)52-24-2-13-35-66(52)79(65)50-45-46-62-59-31-9-20-42-73(59)83(76(62)47-50)78-49-63(60-32-10-21-43-74(60)80-67-36-14-3-25-53(67)54-26-4-15-37-68(54)80)77(82-71-40-18-7-29-57(71)58-30-8-19-41-72(58)82)48-64(78)61-33-11-22-44-75(61)81-69-38-16-5-27-55(69)56-28-6-17-39-70(56)81/h1-49H. The van der Waals surface area contributed by atoms with Gasteiger partial charge in [0.1, 0.15) is 0 Å². The zero-order chi connectivity index (χ0) is 54.3. The maximum atomic E-state index is 2.57. The molecule has 0 N–H and O–H groups in total. The summed E-state index contributed by atoms with van der Waals surface area (Å²) in [6.07, 6.45) is 0. The third kappa shape index (κ3) is 6.53. The molecule has 0 unspecified atom stereocenters. The van der Waals surface area contributed by atoms with E-state index < -0.39 is 0 Å². The molecule has 5 nitrogen and oxygen atoms in total. The molecular formula is C78H49N5. The van der Waals surface area contributed by atoms with Crippen LogP contribution in [0.3, 0.4) is 0 Å². The third-order valence-electron chi connectivity index (χ3n) is 17.7. The van der Waals surface area contributed by atoms with Crippen molar-refractivity contribution in [3.63, 3.8) is 0 Å². The SMILES string of the molecule is c1ccc(-n2c3ccccc3c3ccccc32)c(-c2cc(-n3c4ccccc4c4ccc(-n5c6ccccc6c6ccccc65)cc43)c(-c3ccccc3-n3c4ccccc4c4ccccc43)cc2-n2c3ccccc3c3ccccc32)c1. The van der Waals surface area contributed by atoms with E-state index in [0.717, 1.165) is 94.8 Å². The zero-order valence-electron chi connectivity index (χ0n) is 45.0. The van der Waals surface area contributed by atoms with Gasteiger partial charge in [0, 0.05) is 81.8 Å². The summed E-state index contributed by atoms with van der Waals surface area (Å²) in [7, 11) is 0. The van der Waals surface area contributed by atoms with Crippen LogP contribution < -0.4 is 0 Å². The lowest BCUT2D eigenvalue weighted by atomic mass is 9.93. The van der Waals surface area contributed by atoms with E-state index in [9.17, 15) is 0 Å². The first-order valence-electron chi connectivity index (χ1n) is 28.6. The molecule has 18 aromatic rings. The van der Waals surface area contributed by atoms with Crippen molar-refractivity contribution in [3.8, 4) is 50.7 Å². The van der Waals surface area contributed by atoms with E-state index in [1.54, 1.807) is 0 Å². The van der Waals surface area contributed by atoms with Crippen molar-refractivity contribution in [3.05, 3.63) is 297 Å². The number of benzene rings is 13. The van der Waals surface area contributed by atoms with E-state index in [4.69, 9.17) is 0 Å². The Hall–Kier alpha value is -11.1. The van der Waals surface area contributed by atoms with Gasteiger partial charge in [0.15, 0.2) is 0 Å². The van der Waals surface area contributed by atoms with Gasteiger partial charge < -0.3 is 22.8 Å². The molecule has 0 fully saturated rings. The predicted octanol–water partition coefficient (Wildman–Crippen LogP) is 20.5. The first-order valence-corrected chi connectivity index (χ1v) is 28.6. The van der Waals surface area contributed by atoms with E-state index >= 15 is 0 Å². The van der Waals surface area contributed by atoms with Crippen LogP contribution in [0.5, 0.6) is 0 Å². The number of aromatic nitrogens is 5. The molecule has 386 valence electrons. The summed E-state index contributed by atoms with van der Waals surface area (Å²) in [6.45, 7) is 0. The number of para-hydroxylation sites is 11. The third-order valence-corrected chi connectivity index (χ3v) is 17.7. The van der Waals surface area contributed by atoms with Crippen LogP contribution in [0.1, 0.15) is 0 Å². The summed E-state index contributed by atoms with van der Waals surface area (Å²) in [5.41, 5.74) is 21.4. The molecule has 5 aromatic heterocycles. The molecule has 83 heavy (non-hydrogen) atoms. The van der Waals surface area contributed by atoms with E-state index in [0.29, 0.717) is 0 Å². The highest BCUT2D eigenvalue weighted by atomic mass is 15.0. The van der Waals surface area contributed by atoms with Crippen molar-refractivity contribution in [2.24, 2.45) is 0 Å². The Balaban J connectivity index is 1.03. The van der Waals surface area contributed by atoms with Gasteiger partial charge in [0.2, 0.25) is 0 Å². The van der Waals surface area contributed by atoms with Crippen LogP contribution in [0.15, 0.2) is 297 Å². The topological polar surface area (TPSA) is 24.6 Å². The highest BCUT2D eigenvalue weighted by Gasteiger charge is 2.27. The molecule has 0 spiro atoms. The number of rotatable bonds is 7. The molecule has 0 saturated heterocycles. The van der Waals surface area contributed by atoms with Crippen LogP contribution in [0, 0.1) is 0 Å². The molecular weight excluding hydrogens is 1010 g/mol. The van der Waals surface area contributed by atoms with Gasteiger partial charge in [0.05, 0.1) is 77.9 Å². The molecule has 0 amide bonds. The van der Waals surface area contributed by atoms with Crippen LogP contribution in [0.4, 0.5) is 0 Å². The minimum absolute atomic E-state index is 1.07. The molecule has 0 aliphatic heterocycles. The molecule has 13 aromatic carbocycles. The number of hydrogen-bond donors (Lipinski definition) is 0. The summed E-state index contributed by atoms with van der Waals surface area (Å²) in [4.78, 5) is 0. The van der Waals surface area contributed by atoms with Crippen molar-refractivity contribution >= 4 is 109 Å². The largest absolute Gasteiger partial charge is 0.309 e. The van der Waals surface area contributed by atoms with Gasteiger partial charge in [-0.25, -0.2) is 0 Å². The predicted molar refractivity (Wildman–Crippen MR) is 349 cm³/mol. The molecule has 0 aliphatic rings. The first kappa shape index (κ1) is 45.7. The molecule has 5 heteroatoms. The van der Waals surface area contributed by atoms with E-state index in [-0.39, 0.29) is 0 Å². The van der Waals surface area contributed by atoms with Gasteiger partial charge in [-0.15, -0.1) is 0 Å². The second-order valence-corrected chi connectivity index (χ2v) is 22.0. The normalized spacial score (nSPS) is 12.1. The lowest BCUT2D eigenvalue weighted by molar-refractivity contribution is 1.13. The molecule has 5 heterocycles. The van der Waals surface area contributed by atoms with Gasteiger partial charge in [-0.3, -0.25) is 0 Å². The quantitative estimate of drug-likeness (QED) is 0.152. The summed E-state index contributed by atoms with van der Waals surface area (Å²) >= 11 is 0. The summed E-state index contributed by atoms with van der Waals surface area (Å²) in [6, 6.07) is 110. The fourth-order valence-electron chi connectivity index (χ4n) is 14.3. The fourth-order valence-corrected chi connectivity index (χ4v) is 14.3. The molecule has 0 bridgehead atoms. The van der Waals surface area contributed by atoms with Crippen molar-refractivity contribution < 1.29 is 0 Å². The van der Waals surface area contributed by atoms with Crippen LogP contribution in [-0.2, 0) is 0 Å². The van der Waals surface area contributed by atoms with Crippen molar-refractivity contribution in [1.82, 2.24) is 22.8 Å². The second-order valence-electron chi connectivity index (χ2n) is 22.0. The van der Waals surface area contributed by atoms with Crippen molar-refractivity contribution in [1.29, 1.82) is 0 Å². The minimum Gasteiger partial charge on any atom is -0.309 e. The van der Waals surface area contributed by atoms with Crippen LogP contribution in [0.2, 0.25) is 0 Å². The molecule has 0 aliphatic carbocycles. The van der Waals surface area contributed by atoms with E-state index in [2.05, 4.69) is 320 Å². The van der Waals surface area contributed by atoms with Gasteiger partial charge in [-0.2, -0.15) is 0 Å². The average molecular weight is 1060 g/mol. The Labute approximate surface area is 477 Å². The fraction of sp³-hybridized carbons (Fsp3) is 0. The van der Waals surface area contributed by atoms with Crippen LogP contribution >= 0.6 is 0 Å². The van der Waals surface area contributed by atoms with Crippen LogP contribution in [-0.4, -0.2) is 22.8 Å². The van der Waals surface area contributed by atoms with Crippen molar-refractivity contribution in [2.45, 2.75) is 0 Å². The maximum absolute atomic E-state index is 2.57. The summed E-state index contributed by atoms with van der Waals surface area (Å²) in [5, 5.41) is 12.2. The molecule has 0 radical (unpaired) electrons. The Bertz CT molecular complexity index is 5500. The lowest BCUT2D eigenvalue weighted by Gasteiger charge is -2.24. The molecule has 0 atom stereocenters. The second kappa shape index (κ2) is 17.7. The smallest absolute Gasteiger partial charge is 0.0562 e. The Morgan fingerprint density at radius 2 is 0.373 bits per heavy atom. The Morgan fingerprint density at radius 1 is 0.145 bits per heavy atom. The van der Waals surface area contributed by atoms with Gasteiger partial charge in [-0.1, -0.05) is 206 Å². The zero-order valence-corrected chi connectivity index (χ0v) is 45.0. The Kier molecular flexibility index (Phi) is 9.73. The highest BCUT2D eigenvalue weighted by molar-refractivity contribution is 6.16. The Morgan fingerprint density at radius 3 is 0.687 bits per heavy atom. The number of hydrogen-bond acceptors (Lipinski definition) is 0. The summed E-state index contributed by atoms with van der Waals surface area (Å²) < 4.78 is 12.5. The van der Waals surface area contributed by atoms with Gasteiger partial charge in [0.25, 0.3) is 0 Å². The number of nitrogens with zero attached hydrogens (tertiary/aromatic N) is 5. The minimum atomic E-state index is 1.07. The lowest BCUT2D eigenvalue weighted by Crippen LogP contribution is -2.06. The highest BCUT2D eigenvalue weighted by Crippen LogP contribution is 2.48. The van der Waals surface area contributed by atoms with Gasteiger partial charge >= 0.3 is 0 Å². The van der Waals surface area contributed by atoms with E-state index in [1.807, 2.05) is 0 Å². The average Bonchev–Trinajstić information content (AvgIpc) is 4.53. The first-order chi connectivity index (χ1) is 41.2.